The average Bonchev–Trinajstić information content (AvgIpc) is 2.92. The lowest BCUT2D eigenvalue weighted by atomic mass is 10.2. The molecule has 106 valence electrons. The molecule has 0 saturated carbocycles. The molecule has 7 nitrogen and oxygen atoms in total. The van der Waals surface area contributed by atoms with Gasteiger partial charge >= 0.3 is 0 Å². The van der Waals surface area contributed by atoms with E-state index in [1.54, 1.807) is 12.1 Å². The van der Waals surface area contributed by atoms with Crippen molar-refractivity contribution in [1.82, 2.24) is 9.36 Å². The van der Waals surface area contributed by atoms with Crippen molar-refractivity contribution in [3.8, 4) is 0 Å². The fraction of sp³-hybridized carbons (Fsp3) is 0.273. The molecule has 0 fully saturated rings. The third kappa shape index (κ3) is 3.24. The number of hydrogen-bond acceptors (Lipinski definition) is 8. The summed E-state index contributed by atoms with van der Waals surface area (Å²) in [6, 6.07) is 4.87. The predicted molar refractivity (Wildman–Crippen MR) is 79.8 cm³/mol. The highest BCUT2D eigenvalue weighted by Crippen LogP contribution is 2.32. The Hall–Kier alpha value is -1.71. The Labute approximate surface area is 123 Å². The van der Waals surface area contributed by atoms with E-state index in [9.17, 15) is 10.1 Å². The van der Waals surface area contributed by atoms with Crippen LogP contribution in [0.15, 0.2) is 22.5 Å². The summed E-state index contributed by atoms with van der Waals surface area (Å²) in [7, 11) is 0. The Morgan fingerprint density at radius 1 is 1.55 bits per heavy atom. The SMILES string of the molecule is CCc1nsc(SCc2cccc([N+](=O)[O-])c2NN)n1. The second kappa shape index (κ2) is 6.64. The van der Waals surface area contributed by atoms with Gasteiger partial charge in [-0.15, -0.1) is 0 Å². The minimum absolute atomic E-state index is 0.0305. The van der Waals surface area contributed by atoms with Gasteiger partial charge in [0.25, 0.3) is 5.69 Å². The minimum atomic E-state index is -0.455. The van der Waals surface area contributed by atoms with Gasteiger partial charge in [-0.05, 0) is 17.1 Å². The van der Waals surface area contributed by atoms with Crippen LogP contribution in [0.25, 0.3) is 0 Å². The molecule has 0 atom stereocenters. The molecule has 9 heteroatoms. The smallest absolute Gasteiger partial charge is 0.293 e. The van der Waals surface area contributed by atoms with Gasteiger partial charge in [0.1, 0.15) is 11.5 Å². The number of nitro benzene ring substituents is 1. The lowest BCUT2D eigenvalue weighted by Crippen LogP contribution is -2.11. The molecular formula is C11H13N5O2S2. The second-order valence-corrected chi connectivity index (χ2v) is 5.81. The van der Waals surface area contributed by atoms with Gasteiger partial charge in [-0.3, -0.25) is 16.0 Å². The number of hydrazine groups is 1. The predicted octanol–water partition coefficient (Wildman–Crippen LogP) is 2.59. The quantitative estimate of drug-likeness (QED) is 0.365. The van der Waals surface area contributed by atoms with E-state index in [4.69, 9.17) is 5.84 Å². The largest absolute Gasteiger partial charge is 0.318 e. The van der Waals surface area contributed by atoms with E-state index in [0.29, 0.717) is 11.4 Å². The van der Waals surface area contributed by atoms with Crippen molar-refractivity contribution >= 4 is 34.7 Å². The number of aromatic nitrogens is 2. The van der Waals surface area contributed by atoms with Crippen LogP contribution in [0.4, 0.5) is 11.4 Å². The highest BCUT2D eigenvalue weighted by atomic mass is 32.2. The summed E-state index contributed by atoms with van der Waals surface area (Å²) in [4.78, 5) is 14.8. The molecule has 1 aromatic carbocycles. The zero-order valence-corrected chi connectivity index (χ0v) is 12.3. The summed E-state index contributed by atoms with van der Waals surface area (Å²) in [6.45, 7) is 1.99. The zero-order valence-electron chi connectivity index (χ0n) is 10.7. The Morgan fingerprint density at radius 2 is 2.35 bits per heavy atom. The number of nitrogens with zero attached hydrogens (tertiary/aromatic N) is 3. The van der Waals surface area contributed by atoms with E-state index in [0.717, 1.165) is 22.1 Å². The third-order valence-electron chi connectivity index (χ3n) is 2.59. The van der Waals surface area contributed by atoms with Crippen LogP contribution in [0.5, 0.6) is 0 Å². The Kier molecular flexibility index (Phi) is 4.88. The molecule has 1 aromatic heterocycles. The van der Waals surface area contributed by atoms with Gasteiger partial charge in [-0.2, -0.15) is 4.37 Å². The highest BCUT2D eigenvalue weighted by Gasteiger charge is 2.16. The lowest BCUT2D eigenvalue weighted by Gasteiger charge is -2.07. The Morgan fingerprint density at radius 3 is 2.95 bits per heavy atom. The molecule has 0 spiro atoms. The first-order chi connectivity index (χ1) is 9.65. The molecular weight excluding hydrogens is 298 g/mol. The molecule has 0 unspecified atom stereocenters. The van der Waals surface area contributed by atoms with Gasteiger partial charge < -0.3 is 5.43 Å². The number of nitrogens with two attached hydrogens (primary N) is 1. The first-order valence-electron chi connectivity index (χ1n) is 5.84. The zero-order chi connectivity index (χ0) is 14.5. The van der Waals surface area contributed by atoms with Gasteiger partial charge in [-0.1, -0.05) is 30.8 Å². The highest BCUT2D eigenvalue weighted by molar-refractivity contribution is 8.00. The Balaban J connectivity index is 2.16. The van der Waals surface area contributed by atoms with Gasteiger partial charge in [0.05, 0.1) is 4.92 Å². The van der Waals surface area contributed by atoms with E-state index in [2.05, 4.69) is 14.8 Å². The van der Waals surface area contributed by atoms with Crippen molar-refractivity contribution in [2.75, 3.05) is 5.43 Å². The monoisotopic (exact) mass is 311 g/mol. The summed E-state index contributed by atoms with van der Waals surface area (Å²) in [5, 5.41) is 10.9. The molecule has 0 saturated heterocycles. The normalized spacial score (nSPS) is 10.5. The van der Waals surface area contributed by atoms with Gasteiger partial charge in [0, 0.05) is 18.2 Å². The maximum atomic E-state index is 10.9. The van der Waals surface area contributed by atoms with E-state index < -0.39 is 4.92 Å². The number of nitrogen functional groups attached to an aromatic ring is 1. The molecule has 0 aliphatic rings. The van der Waals surface area contributed by atoms with Crippen molar-refractivity contribution in [3.05, 3.63) is 39.7 Å². The van der Waals surface area contributed by atoms with E-state index in [1.807, 2.05) is 6.92 Å². The van der Waals surface area contributed by atoms with Crippen molar-refractivity contribution in [1.29, 1.82) is 0 Å². The standard InChI is InChI=1S/C11H13N5O2S2/c1-2-9-13-11(20-15-9)19-6-7-4-3-5-8(16(17)18)10(7)14-12/h3-5,14H,2,6,12H2,1H3. The van der Waals surface area contributed by atoms with Crippen LogP contribution in [0, 0.1) is 10.1 Å². The van der Waals surface area contributed by atoms with Gasteiger partial charge in [0.2, 0.25) is 0 Å². The lowest BCUT2D eigenvalue weighted by molar-refractivity contribution is -0.384. The molecule has 0 amide bonds. The van der Waals surface area contributed by atoms with Crippen LogP contribution in [0.2, 0.25) is 0 Å². The molecule has 0 aliphatic carbocycles. The molecule has 1 heterocycles. The first kappa shape index (κ1) is 14.7. The Bertz CT molecular complexity index is 617. The fourth-order valence-corrected chi connectivity index (χ4v) is 3.29. The summed E-state index contributed by atoms with van der Waals surface area (Å²) in [6.07, 6.45) is 0.795. The van der Waals surface area contributed by atoms with Crippen LogP contribution in [-0.4, -0.2) is 14.3 Å². The number of anilines is 1. The third-order valence-corrected chi connectivity index (χ3v) is 4.51. The summed E-state index contributed by atoms with van der Waals surface area (Å²) in [5.74, 6) is 6.75. The minimum Gasteiger partial charge on any atom is -0.318 e. The number of rotatable bonds is 6. The molecule has 0 bridgehead atoms. The number of thioether (sulfide) groups is 1. The molecule has 0 radical (unpaired) electrons. The maximum Gasteiger partial charge on any atom is 0.293 e. The van der Waals surface area contributed by atoms with Crippen LogP contribution in [-0.2, 0) is 12.2 Å². The van der Waals surface area contributed by atoms with Crippen molar-refractivity contribution in [2.24, 2.45) is 5.84 Å². The summed E-state index contributed by atoms with van der Waals surface area (Å²) >= 11 is 2.82. The van der Waals surface area contributed by atoms with Crippen LogP contribution in [0.1, 0.15) is 18.3 Å². The van der Waals surface area contributed by atoms with Crippen molar-refractivity contribution in [2.45, 2.75) is 23.4 Å². The van der Waals surface area contributed by atoms with Crippen molar-refractivity contribution < 1.29 is 4.92 Å². The number of benzene rings is 1. The van der Waals surface area contributed by atoms with Gasteiger partial charge in [-0.25, -0.2) is 4.98 Å². The molecule has 3 N–H and O–H groups in total. The van der Waals surface area contributed by atoms with E-state index in [1.165, 1.54) is 29.4 Å². The summed E-state index contributed by atoms with van der Waals surface area (Å²) in [5.41, 5.74) is 3.48. The second-order valence-electron chi connectivity index (χ2n) is 3.83. The van der Waals surface area contributed by atoms with Crippen LogP contribution in [0.3, 0.4) is 0 Å². The number of hydrogen-bond donors (Lipinski definition) is 2. The first-order valence-corrected chi connectivity index (χ1v) is 7.59. The summed E-state index contributed by atoms with van der Waals surface area (Å²) < 4.78 is 5.04. The van der Waals surface area contributed by atoms with Crippen LogP contribution >= 0.6 is 23.3 Å². The number of nitro groups is 1. The van der Waals surface area contributed by atoms with E-state index >= 15 is 0 Å². The maximum absolute atomic E-state index is 10.9. The van der Waals surface area contributed by atoms with Crippen LogP contribution < -0.4 is 11.3 Å². The topological polar surface area (TPSA) is 107 Å². The van der Waals surface area contributed by atoms with E-state index in [-0.39, 0.29) is 5.69 Å². The van der Waals surface area contributed by atoms with Crippen molar-refractivity contribution in [3.63, 3.8) is 0 Å². The number of aryl methyl sites for hydroxylation is 1. The fourth-order valence-electron chi connectivity index (χ4n) is 1.61. The number of para-hydroxylation sites is 1. The molecule has 20 heavy (non-hydrogen) atoms. The van der Waals surface area contributed by atoms with Gasteiger partial charge in [0.15, 0.2) is 4.34 Å². The average molecular weight is 311 g/mol. The molecule has 2 rings (SSSR count). The molecule has 0 aliphatic heterocycles. The molecule has 2 aromatic rings. The number of nitrogens with one attached hydrogen (secondary N) is 1.